The number of phenols is 1. The van der Waals surface area contributed by atoms with Gasteiger partial charge in [-0.25, -0.2) is 0 Å². The van der Waals surface area contributed by atoms with Crippen molar-refractivity contribution in [3.05, 3.63) is 35.7 Å². The second-order valence-corrected chi connectivity index (χ2v) is 3.86. The van der Waals surface area contributed by atoms with Crippen LogP contribution in [0.2, 0.25) is 0 Å². The summed E-state index contributed by atoms with van der Waals surface area (Å²) in [4.78, 5) is 0. The summed E-state index contributed by atoms with van der Waals surface area (Å²) in [5.41, 5.74) is 3.96. The van der Waals surface area contributed by atoms with Crippen molar-refractivity contribution in [2.24, 2.45) is 7.05 Å². The third kappa shape index (κ3) is 1.73. The molecule has 2 rings (SSSR count). The lowest BCUT2D eigenvalue weighted by Crippen LogP contribution is -1.85. The Balaban J connectivity index is 2.55. The molecule has 3 heteroatoms. The van der Waals surface area contributed by atoms with Gasteiger partial charge < -0.3 is 5.11 Å². The van der Waals surface area contributed by atoms with E-state index in [1.54, 1.807) is 4.68 Å². The highest BCUT2D eigenvalue weighted by Crippen LogP contribution is 2.28. The predicted octanol–water partition coefficient (Wildman–Crippen LogP) is 2.41. The summed E-state index contributed by atoms with van der Waals surface area (Å²) in [6, 6.07) is 3.94. The first-order valence-corrected chi connectivity index (χ1v) is 4.87. The van der Waals surface area contributed by atoms with Crippen molar-refractivity contribution < 1.29 is 5.11 Å². The summed E-state index contributed by atoms with van der Waals surface area (Å²) >= 11 is 0. The standard InChI is InChI=1S/C12H14N2O/c1-8-4-10(5-9(2)12(8)15)11-6-13-14(3)7-11/h4-7,15H,1-3H3. The Morgan fingerprint density at radius 1 is 1.13 bits per heavy atom. The zero-order valence-corrected chi connectivity index (χ0v) is 9.15. The number of hydrogen-bond donors (Lipinski definition) is 1. The average Bonchev–Trinajstić information content (AvgIpc) is 2.60. The van der Waals surface area contributed by atoms with E-state index in [9.17, 15) is 5.11 Å². The molecule has 1 heterocycles. The molecule has 1 aromatic heterocycles. The van der Waals surface area contributed by atoms with E-state index in [-0.39, 0.29) is 0 Å². The maximum Gasteiger partial charge on any atom is 0.121 e. The van der Waals surface area contributed by atoms with E-state index in [4.69, 9.17) is 0 Å². The number of nitrogens with zero attached hydrogens (tertiary/aromatic N) is 2. The van der Waals surface area contributed by atoms with Crippen molar-refractivity contribution in [3.8, 4) is 16.9 Å². The van der Waals surface area contributed by atoms with Gasteiger partial charge in [-0.3, -0.25) is 4.68 Å². The highest BCUT2D eigenvalue weighted by Gasteiger charge is 2.06. The molecule has 3 nitrogen and oxygen atoms in total. The Labute approximate surface area is 89.0 Å². The molecule has 0 saturated carbocycles. The van der Waals surface area contributed by atoms with Gasteiger partial charge in [-0.15, -0.1) is 0 Å². The molecule has 1 N–H and O–H groups in total. The minimum Gasteiger partial charge on any atom is -0.507 e. The van der Waals surface area contributed by atoms with Crippen molar-refractivity contribution in [1.82, 2.24) is 9.78 Å². The summed E-state index contributed by atoms with van der Waals surface area (Å²) in [5, 5.41) is 13.8. The zero-order chi connectivity index (χ0) is 11.0. The number of aromatic nitrogens is 2. The van der Waals surface area contributed by atoms with Gasteiger partial charge in [0.25, 0.3) is 0 Å². The normalized spacial score (nSPS) is 10.6. The van der Waals surface area contributed by atoms with Gasteiger partial charge in [0.2, 0.25) is 0 Å². The lowest BCUT2D eigenvalue weighted by Gasteiger charge is -2.05. The maximum absolute atomic E-state index is 9.66. The van der Waals surface area contributed by atoms with Gasteiger partial charge in [0.1, 0.15) is 5.75 Å². The van der Waals surface area contributed by atoms with Crippen LogP contribution in [0.1, 0.15) is 11.1 Å². The molecule has 15 heavy (non-hydrogen) atoms. The van der Waals surface area contributed by atoms with Gasteiger partial charge in [-0.05, 0) is 42.7 Å². The summed E-state index contributed by atoms with van der Waals surface area (Å²) in [6.07, 6.45) is 3.79. The molecule has 2 aromatic rings. The lowest BCUT2D eigenvalue weighted by molar-refractivity contribution is 0.467. The molecule has 0 aliphatic carbocycles. The van der Waals surface area contributed by atoms with Crippen molar-refractivity contribution in [1.29, 1.82) is 0 Å². The van der Waals surface area contributed by atoms with Crippen LogP contribution >= 0.6 is 0 Å². The maximum atomic E-state index is 9.66. The fourth-order valence-corrected chi connectivity index (χ4v) is 1.69. The first-order valence-electron chi connectivity index (χ1n) is 4.87. The highest BCUT2D eigenvalue weighted by molar-refractivity contribution is 5.65. The average molecular weight is 202 g/mol. The summed E-state index contributed by atoms with van der Waals surface area (Å²) in [7, 11) is 1.89. The minimum atomic E-state index is 0.377. The summed E-state index contributed by atoms with van der Waals surface area (Å²) in [6.45, 7) is 3.81. The first kappa shape index (κ1) is 9.77. The Morgan fingerprint density at radius 3 is 2.20 bits per heavy atom. The van der Waals surface area contributed by atoms with Crippen LogP contribution in [0.3, 0.4) is 0 Å². The van der Waals surface area contributed by atoms with Crippen LogP contribution in [-0.4, -0.2) is 14.9 Å². The van der Waals surface area contributed by atoms with E-state index in [0.717, 1.165) is 22.3 Å². The van der Waals surface area contributed by atoms with Crippen LogP contribution in [0.15, 0.2) is 24.5 Å². The van der Waals surface area contributed by atoms with Crippen LogP contribution < -0.4 is 0 Å². The third-order valence-corrected chi connectivity index (χ3v) is 2.53. The van der Waals surface area contributed by atoms with Gasteiger partial charge >= 0.3 is 0 Å². The molecular weight excluding hydrogens is 188 g/mol. The molecule has 0 bridgehead atoms. The SMILES string of the molecule is Cc1cc(-c2cnn(C)c2)cc(C)c1O. The number of phenolic OH excluding ortho intramolecular Hbond substituents is 1. The van der Waals surface area contributed by atoms with Crippen molar-refractivity contribution in [2.75, 3.05) is 0 Å². The molecule has 1 aromatic carbocycles. The molecule has 0 atom stereocenters. The van der Waals surface area contributed by atoms with Crippen molar-refractivity contribution in [3.63, 3.8) is 0 Å². The molecule has 0 aliphatic heterocycles. The number of rotatable bonds is 1. The minimum absolute atomic E-state index is 0.377. The molecule has 0 radical (unpaired) electrons. The highest BCUT2D eigenvalue weighted by atomic mass is 16.3. The molecule has 0 unspecified atom stereocenters. The third-order valence-electron chi connectivity index (χ3n) is 2.53. The number of aromatic hydroxyl groups is 1. The van der Waals surface area contributed by atoms with Crippen LogP contribution in [0.5, 0.6) is 5.75 Å². The van der Waals surface area contributed by atoms with E-state index >= 15 is 0 Å². The molecular formula is C12H14N2O. The number of aryl methyl sites for hydroxylation is 3. The van der Waals surface area contributed by atoms with E-state index in [0.29, 0.717) is 5.75 Å². The summed E-state index contributed by atoms with van der Waals surface area (Å²) < 4.78 is 1.77. The van der Waals surface area contributed by atoms with Gasteiger partial charge in [-0.2, -0.15) is 5.10 Å². The number of benzene rings is 1. The molecule has 0 spiro atoms. The van der Waals surface area contributed by atoms with Crippen LogP contribution in [-0.2, 0) is 7.05 Å². The monoisotopic (exact) mass is 202 g/mol. The lowest BCUT2D eigenvalue weighted by atomic mass is 10.0. The molecule has 0 saturated heterocycles. The first-order chi connectivity index (χ1) is 7.08. The van der Waals surface area contributed by atoms with Crippen LogP contribution in [0.25, 0.3) is 11.1 Å². The van der Waals surface area contributed by atoms with Gasteiger partial charge in [0.15, 0.2) is 0 Å². The predicted molar refractivity (Wildman–Crippen MR) is 59.8 cm³/mol. The Bertz CT molecular complexity index is 477. The number of hydrogen-bond acceptors (Lipinski definition) is 2. The van der Waals surface area contributed by atoms with Crippen molar-refractivity contribution >= 4 is 0 Å². The van der Waals surface area contributed by atoms with Crippen LogP contribution in [0.4, 0.5) is 0 Å². The van der Waals surface area contributed by atoms with Gasteiger partial charge in [-0.1, -0.05) is 0 Å². The second kappa shape index (κ2) is 3.42. The molecule has 0 aliphatic rings. The smallest absolute Gasteiger partial charge is 0.121 e. The Hall–Kier alpha value is -1.77. The molecule has 0 amide bonds. The van der Waals surface area contributed by atoms with Crippen molar-refractivity contribution in [2.45, 2.75) is 13.8 Å². The zero-order valence-electron chi connectivity index (χ0n) is 9.15. The van der Waals surface area contributed by atoms with E-state index in [1.165, 1.54) is 0 Å². The van der Waals surface area contributed by atoms with E-state index in [2.05, 4.69) is 5.10 Å². The van der Waals surface area contributed by atoms with E-state index < -0.39 is 0 Å². The second-order valence-electron chi connectivity index (χ2n) is 3.86. The topological polar surface area (TPSA) is 38.0 Å². The molecule has 0 fully saturated rings. The fraction of sp³-hybridized carbons (Fsp3) is 0.250. The van der Waals surface area contributed by atoms with Crippen LogP contribution in [0, 0.1) is 13.8 Å². The van der Waals surface area contributed by atoms with Gasteiger partial charge in [0, 0.05) is 18.8 Å². The quantitative estimate of drug-likeness (QED) is 0.771. The Kier molecular flexibility index (Phi) is 2.23. The Morgan fingerprint density at radius 2 is 1.73 bits per heavy atom. The van der Waals surface area contributed by atoms with Gasteiger partial charge in [0.05, 0.1) is 6.20 Å². The summed E-state index contributed by atoms with van der Waals surface area (Å²) in [5.74, 6) is 0.377. The largest absolute Gasteiger partial charge is 0.507 e. The fourth-order valence-electron chi connectivity index (χ4n) is 1.69. The van der Waals surface area contributed by atoms with E-state index in [1.807, 2.05) is 45.4 Å². The molecule has 78 valence electrons.